The molecule has 0 spiro atoms. The van der Waals surface area contributed by atoms with E-state index >= 15 is 0 Å². The molecule has 4 rings (SSSR count). The molecule has 1 heterocycles. The zero-order chi connectivity index (χ0) is 22.4. The predicted octanol–water partition coefficient (Wildman–Crippen LogP) is 7.09. The summed E-state index contributed by atoms with van der Waals surface area (Å²) in [6, 6.07) is 16.3. The Bertz CT molecular complexity index is 1180. The molecule has 0 aliphatic rings. The molecule has 7 heteroatoms. The summed E-state index contributed by atoms with van der Waals surface area (Å²) in [4.78, 5) is 8.30. The van der Waals surface area contributed by atoms with Crippen molar-refractivity contribution in [3.05, 3.63) is 78.8 Å². The lowest BCUT2D eigenvalue weighted by atomic mass is 10.0. The summed E-state index contributed by atoms with van der Waals surface area (Å²) in [6.45, 7) is 4.00. The van der Waals surface area contributed by atoms with Crippen LogP contribution in [0.5, 0.6) is 5.75 Å². The number of alkyl halides is 3. The van der Waals surface area contributed by atoms with Crippen molar-refractivity contribution in [3.8, 4) is 16.9 Å². The fourth-order valence-electron chi connectivity index (χ4n) is 3.11. The second kappa shape index (κ2) is 9.47. The number of fused-ring (bicyclic) bond motifs is 1. The fourth-order valence-corrected chi connectivity index (χ4v) is 3.11. The van der Waals surface area contributed by atoms with Gasteiger partial charge in [0.2, 0.25) is 0 Å². The van der Waals surface area contributed by atoms with Gasteiger partial charge in [-0.15, -0.1) is 0 Å². The number of halogens is 3. The van der Waals surface area contributed by atoms with Crippen LogP contribution in [0.1, 0.15) is 19.4 Å². The molecule has 0 bridgehead atoms. The minimum absolute atomic E-state index is 0.362. The highest BCUT2D eigenvalue weighted by molar-refractivity contribution is 5.89. The third-order valence-electron chi connectivity index (χ3n) is 4.47. The average molecular weight is 425 g/mol. The highest BCUT2D eigenvalue weighted by atomic mass is 19.4. The van der Waals surface area contributed by atoms with E-state index in [2.05, 4.69) is 15.3 Å². The van der Waals surface area contributed by atoms with Crippen molar-refractivity contribution in [2.45, 2.75) is 20.0 Å². The number of ether oxygens (including phenoxy) is 1. The molecule has 0 unspecified atom stereocenters. The lowest BCUT2D eigenvalue weighted by molar-refractivity contribution is -0.137. The normalized spacial score (nSPS) is 10.9. The van der Waals surface area contributed by atoms with Crippen molar-refractivity contribution in [1.82, 2.24) is 9.97 Å². The molecule has 0 radical (unpaired) electrons. The number of aromatic nitrogens is 2. The van der Waals surface area contributed by atoms with E-state index in [1.165, 1.54) is 12.4 Å². The van der Waals surface area contributed by atoms with Gasteiger partial charge in [0, 0.05) is 23.0 Å². The summed E-state index contributed by atoms with van der Waals surface area (Å²) in [7, 11) is 1.58. The fraction of sp³-hybridized carbons (Fsp3) is 0.167. The van der Waals surface area contributed by atoms with Crippen LogP contribution < -0.4 is 10.1 Å². The van der Waals surface area contributed by atoms with Crippen LogP contribution >= 0.6 is 0 Å². The Kier molecular flexibility index (Phi) is 6.74. The molecule has 1 aromatic heterocycles. The van der Waals surface area contributed by atoms with Gasteiger partial charge in [-0.05, 0) is 53.6 Å². The van der Waals surface area contributed by atoms with Gasteiger partial charge in [-0.25, -0.2) is 9.97 Å². The van der Waals surface area contributed by atoms with Crippen LogP contribution in [0.3, 0.4) is 0 Å². The van der Waals surface area contributed by atoms with Gasteiger partial charge in [-0.2, -0.15) is 13.2 Å². The lowest BCUT2D eigenvalue weighted by Crippen LogP contribution is -2.05. The summed E-state index contributed by atoms with van der Waals surface area (Å²) in [5, 5.41) is 3.87. The first-order valence-corrected chi connectivity index (χ1v) is 9.76. The van der Waals surface area contributed by atoms with E-state index in [1.807, 2.05) is 44.2 Å². The second-order valence-corrected chi connectivity index (χ2v) is 6.42. The van der Waals surface area contributed by atoms with Crippen LogP contribution in [0.4, 0.5) is 24.5 Å². The highest BCUT2D eigenvalue weighted by Gasteiger charge is 2.30. The molecule has 0 saturated carbocycles. The SMILES string of the molecule is CC.COc1cc(-c2cccc(Nc3cccc(C(F)(F)F)c3)c2)cc2cncnc12. The Balaban J connectivity index is 0.00000132. The van der Waals surface area contributed by atoms with E-state index in [1.54, 1.807) is 25.4 Å². The van der Waals surface area contributed by atoms with E-state index in [0.29, 0.717) is 22.6 Å². The van der Waals surface area contributed by atoms with Gasteiger partial charge in [0.25, 0.3) is 0 Å². The number of benzene rings is 3. The van der Waals surface area contributed by atoms with Crippen molar-refractivity contribution in [1.29, 1.82) is 0 Å². The maximum Gasteiger partial charge on any atom is 0.416 e. The van der Waals surface area contributed by atoms with Crippen molar-refractivity contribution in [2.75, 3.05) is 12.4 Å². The Morgan fingerprint density at radius 3 is 2.29 bits per heavy atom. The quantitative estimate of drug-likeness (QED) is 0.379. The summed E-state index contributed by atoms with van der Waals surface area (Å²) in [5.41, 5.74) is 2.82. The Morgan fingerprint density at radius 1 is 0.871 bits per heavy atom. The number of nitrogens with zero attached hydrogens (tertiary/aromatic N) is 2. The van der Waals surface area contributed by atoms with Gasteiger partial charge in [0.05, 0.1) is 12.7 Å². The van der Waals surface area contributed by atoms with Crippen molar-refractivity contribution < 1.29 is 17.9 Å². The van der Waals surface area contributed by atoms with E-state index < -0.39 is 11.7 Å². The number of hydrogen-bond donors (Lipinski definition) is 1. The monoisotopic (exact) mass is 425 g/mol. The third kappa shape index (κ3) is 5.12. The van der Waals surface area contributed by atoms with Crippen LogP contribution in [0.25, 0.3) is 22.0 Å². The molecule has 0 fully saturated rings. The molecule has 4 aromatic rings. The molecular formula is C24H22F3N3O. The molecule has 1 N–H and O–H groups in total. The van der Waals surface area contributed by atoms with Crippen LogP contribution in [-0.2, 0) is 6.18 Å². The second-order valence-electron chi connectivity index (χ2n) is 6.42. The van der Waals surface area contributed by atoms with Crippen molar-refractivity contribution in [3.63, 3.8) is 0 Å². The first kappa shape index (κ1) is 22.1. The third-order valence-corrected chi connectivity index (χ3v) is 4.47. The molecule has 0 atom stereocenters. The molecule has 0 saturated heterocycles. The van der Waals surface area contributed by atoms with Crippen LogP contribution in [0.2, 0.25) is 0 Å². The Morgan fingerprint density at radius 2 is 1.58 bits per heavy atom. The first-order valence-electron chi connectivity index (χ1n) is 9.76. The van der Waals surface area contributed by atoms with Gasteiger partial charge in [0.15, 0.2) is 0 Å². The van der Waals surface area contributed by atoms with Crippen molar-refractivity contribution >= 4 is 22.3 Å². The standard InChI is InChI=1S/C22H16F3N3O.C2H6/c1-29-20-10-15(8-16-12-26-13-27-21(16)20)14-4-2-6-18(9-14)28-19-7-3-5-17(11-19)22(23,24)25;1-2/h2-13,28H,1H3;1-2H3. The van der Waals surface area contributed by atoms with Gasteiger partial charge in [0.1, 0.15) is 17.6 Å². The molecule has 31 heavy (non-hydrogen) atoms. The summed E-state index contributed by atoms with van der Waals surface area (Å²) >= 11 is 0. The smallest absolute Gasteiger partial charge is 0.416 e. The number of rotatable bonds is 4. The van der Waals surface area contributed by atoms with Crippen LogP contribution in [-0.4, -0.2) is 17.1 Å². The number of methoxy groups -OCH3 is 1. The van der Waals surface area contributed by atoms with E-state index in [4.69, 9.17) is 4.74 Å². The molecule has 160 valence electrons. The average Bonchev–Trinajstić information content (AvgIpc) is 2.79. The minimum atomic E-state index is -4.39. The highest BCUT2D eigenvalue weighted by Crippen LogP contribution is 2.34. The molecule has 0 aliphatic heterocycles. The Hall–Kier alpha value is -3.61. The van der Waals surface area contributed by atoms with E-state index in [-0.39, 0.29) is 0 Å². The Labute approximate surface area is 178 Å². The summed E-state index contributed by atoms with van der Waals surface area (Å²) in [6.07, 6.45) is -1.22. The number of nitrogens with one attached hydrogen (secondary N) is 1. The largest absolute Gasteiger partial charge is 0.494 e. The van der Waals surface area contributed by atoms with E-state index in [9.17, 15) is 13.2 Å². The molecule has 3 aromatic carbocycles. The maximum atomic E-state index is 12.9. The molecule has 0 aliphatic carbocycles. The van der Waals surface area contributed by atoms with Crippen LogP contribution in [0.15, 0.2) is 73.2 Å². The van der Waals surface area contributed by atoms with Gasteiger partial charge >= 0.3 is 6.18 Å². The number of anilines is 2. The number of hydrogen-bond acceptors (Lipinski definition) is 4. The topological polar surface area (TPSA) is 47.0 Å². The van der Waals surface area contributed by atoms with E-state index in [0.717, 1.165) is 28.6 Å². The summed E-state index contributed by atoms with van der Waals surface area (Å²) < 4.78 is 44.3. The zero-order valence-corrected chi connectivity index (χ0v) is 17.4. The molecule has 4 nitrogen and oxygen atoms in total. The van der Waals surface area contributed by atoms with Gasteiger partial charge in [-0.1, -0.05) is 32.0 Å². The van der Waals surface area contributed by atoms with Crippen molar-refractivity contribution in [2.24, 2.45) is 0 Å². The summed E-state index contributed by atoms with van der Waals surface area (Å²) in [5.74, 6) is 0.621. The molecule has 0 amide bonds. The van der Waals surface area contributed by atoms with Gasteiger partial charge < -0.3 is 10.1 Å². The minimum Gasteiger partial charge on any atom is -0.494 e. The van der Waals surface area contributed by atoms with Crippen LogP contribution in [0, 0.1) is 0 Å². The zero-order valence-electron chi connectivity index (χ0n) is 17.4. The maximum absolute atomic E-state index is 12.9. The van der Waals surface area contributed by atoms with Gasteiger partial charge in [-0.3, -0.25) is 0 Å². The lowest BCUT2D eigenvalue weighted by Gasteiger charge is -2.12. The predicted molar refractivity (Wildman–Crippen MR) is 118 cm³/mol. The first-order chi connectivity index (χ1) is 14.9. The molecular weight excluding hydrogens is 403 g/mol.